The van der Waals surface area contributed by atoms with Crippen molar-refractivity contribution < 1.29 is 8.42 Å². The number of hydrogen-bond acceptors (Lipinski definition) is 4. The molecule has 23 heavy (non-hydrogen) atoms. The van der Waals surface area contributed by atoms with E-state index in [1.807, 2.05) is 23.9 Å². The molecular formula is C16H22N4O2S. The van der Waals surface area contributed by atoms with E-state index in [4.69, 9.17) is 0 Å². The summed E-state index contributed by atoms with van der Waals surface area (Å²) in [5, 5.41) is 4.21. The van der Waals surface area contributed by atoms with Gasteiger partial charge in [0.1, 0.15) is 0 Å². The third-order valence-electron chi connectivity index (χ3n) is 4.41. The van der Waals surface area contributed by atoms with Gasteiger partial charge in [-0.2, -0.15) is 5.10 Å². The molecule has 0 aliphatic carbocycles. The molecule has 0 amide bonds. The minimum absolute atomic E-state index is 0.328. The van der Waals surface area contributed by atoms with E-state index in [1.165, 1.54) is 6.26 Å². The molecule has 2 aromatic heterocycles. The predicted octanol–water partition coefficient (Wildman–Crippen LogP) is 1.70. The Morgan fingerprint density at radius 2 is 2.13 bits per heavy atom. The molecule has 0 radical (unpaired) electrons. The SMILES string of the molecule is Cn1nccc1-c1ncccc1C[C@@H]1CCCN(S(C)(=O)=O)C1. The zero-order valence-corrected chi connectivity index (χ0v) is 14.3. The summed E-state index contributed by atoms with van der Waals surface area (Å²) in [7, 11) is -1.20. The molecule has 0 N–H and O–H groups in total. The molecule has 3 rings (SSSR count). The van der Waals surface area contributed by atoms with Crippen LogP contribution in [-0.4, -0.2) is 46.8 Å². The third kappa shape index (κ3) is 3.61. The Hall–Kier alpha value is -1.73. The monoisotopic (exact) mass is 334 g/mol. The number of pyridine rings is 1. The van der Waals surface area contributed by atoms with Gasteiger partial charge in [0.25, 0.3) is 0 Å². The normalized spacial score (nSPS) is 19.8. The highest BCUT2D eigenvalue weighted by Crippen LogP contribution is 2.27. The number of sulfonamides is 1. The Bertz CT molecular complexity index is 785. The molecule has 0 aromatic carbocycles. The molecule has 1 aliphatic heterocycles. The van der Waals surface area contributed by atoms with Crippen molar-refractivity contribution in [1.82, 2.24) is 19.1 Å². The van der Waals surface area contributed by atoms with E-state index in [-0.39, 0.29) is 0 Å². The van der Waals surface area contributed by atoms with Gasteiger partial charge in [0.15, 0.2) is 0 Å². The van der Waals surface area contributed by atoms with Crippen molar-refractivity contribution in [3.63, 3.8) is 0 Å². The van der Waals surface area contributed by atoms with Crippen LogP contribution in [0.1, 0.15) is 18.4 Å². The minimum Gasteiger partial charge on any atom is -0.266 e. The van der Waals surface area contributed by atoms with Crippen LogP contribution in [0.3, 0.4) is 0 Å². The van der Waals surface area contributed by atoms with Gasteiger partial charge in [-0.3, -0.25) is 9.67 Å². The van der Waals surface area contributed by atoms with Crippen molar-refractivity contribution in [2.45, 2.75) is 19.3 Å². The lowest BCUT2D eigenvalue weighted by Gasteiger charge is -2.31. The van der Waals surface area contributed by atoms with Crippen LogP contribution in [0.15, 0.2) is 30.6 Å². The predicted molar refractivity (Wildman–Crippen MR) is 89.3 cm³/mol. The number of piperidine rings is 1. The molecule has 3 heterocycles. The van der Waals surface area contributed by atoms with Gasteiger partial charge in [-0.1, -0.05) is 6.07 Å². The number of aromatic nitrogens is 3. The molecule has 1 atom stereocenters. The topological polar surface area (TPSA) is 68.1 Å². The largest absolute Gasteiger partial charge is 0.266 e. The minimum atomic E-state index is -3.11. The van der Waals surface area contributed by atoms with Crippen molar-refractivity contribution in [3.8, 4) is 11.4 Å². The van der Waals surface area contributed by atoms with Crippen LogP contribution in [0.25, 0.3) is 11.4 Å². The summed E-state index contributed by atoms with van der Waals surface area (Å²) in [4.78, 5) is 4.52. The molecule has 2 aromatic rings. The van der Waals surface area contributed by atoms with E-state index in [0.717, 1.165) is 36.2 Å². The maximum absolute atomic E-state index is 11.8. The molecular weight excluding hydrogens is 312 g/mol. The number of aryl methyl sites for hydroxylation is 1. The average molecular weight is 334 g/mol. The number of hydrogen-bond donors (Lipinski definition) is 0. The summed E-state index contributed by atoms with van der Waals surface area (Å²) in [6, 6.07) is 5.97. The number of rotatable bonds is 4. The van der Waals surface area contributed by atoms with Crippen molar-refractivity contribution >= 4 is 10.0 Å². The summed E-state index contributed by atoms with van der Waals surface area (Å²) in [6.07, 6.45) is 7.64. The second-order valence-corrected chi connectivity index (χ2v) is 8.17. The fraction of sp³-hybridized carbons (Fsp3) is 0.500. The van der Waals surface area contributed by atoms with Gasteiger partial charge < -0.3 is 0 Å². The highest BCUT2D eigenvalue weighted by atomic mass is 32.2. The molecule has 124 valence electrons. The van der Waals surface area contributed by atoms with Crippen molar-refractivity contribution in [2.75, 3.05) is 19.3 Å². The molecule has 7 heteroatoms. The summed E-state index contributed by atoms with van der Waals surface area (Å²) >= 11 is 0. The van der Waals surface area contributed by atoms with E-state index in [1.54, 1.807) is 16.7 Å². The van der Waals surface area contributed by atoms with Crippen molar-refractivity contribution in [3.05, 3.63) is 36.2 Å². The smallest absolute Gasteiger partial charge is 0.211 e. The van der Waals surface area contributed by atoms with Gasteiger partial charge in [0.05, 0.1) is 17.6 Å². The molecule has 0 saturated carbocycles. The second kappa shape index (κ2) is 6.41. The standard InChI is InChI=1S/C16H22N4O2S/c1-19-15(7-9-18-19)16-14(6-3-8-17-16)11-13-5-4-10-20(12-13)23(2,21)22/h3,6-9,13H,4-5,10-12H2,1-2H3/t13-/m0/s1. The quantitative estimate of drug-likeness (QED) is 0.853. The van der Waals surface area contributed by atoms with E-state index in [2.05, 4.69) is 16.1 Å². The zero-order chi connectivity index (χ0) is 16.4. The zero-order valence-electron chi connectivity index (χ0n) is 13.5. The molecule has 0 spiro atoms. The average Bonchev–Trinajstić information content (AvgIpc) is 2.93. The molecule has 6 nitrogen and oxygen atoms in total. The Balaban J connectivity index is 1.82. The fourth-order valence-corrected chi connectivity index (χ4v) is 4.19. The highest BCUT2D eigenvalue weighted by molar-refractivity contribution is 7.88. The first-order valence-electron chi connectivity index (χ1n) is 7.82. The highest BCUT2D eigenvalue weighted by Gasteiger charge is 2.26. The van der Waals surface area contributed by atoms with Gasteiger partial charge >= 0.3 is 0 Å². The van der Waals surface area contributed by atoms with Crippen LogP contribution in [0.4, 0.5) is 0 Å². The first-order valence-corrected chi connectivity index (χ1v) is 9.67. The van der Waals surface area contributed by atoms with Crippen LogP contribution in [0, 0.1) is 5.92 Å². The van der Waals surface area contributed by atoms with Crippen LogP contribution < -0.4 is 0 Å². The first kappa shape index (κ1) is 16.1. The molecule has 1 fully saturated rings. The number of nitrogens with zero attached hydrogens (tertiary/aromatic N) is 4. The van der Waals surface area contributed by atoms with Gasteiger partial charge in [-0.05, 0) is 42.9 Å². The van der Waals surface area contributed by atoms with E-state index in [9.17, 15) is 8.42 Å². The maximum Gasteiger partial charge on any atom is 0.211 e. The van der Waals surface area contributed by atoms with Gasteiger partial charge in [0, 0.05) is 32.5 Å². The van der Waals surface area contributed by atoms with Crippen LogP contribution >= 0.6 is 0 Å². The summed E-state index contributed by atoms with van der Waals surface area (Å²) in [6.45, 7) is 1.23. The molecule has 1 saturated heterocycles. The van der Waals surface area contributed by atoms with Gasteiger partial charge in [-0.25, -0.2) is 12.7 Å². The Kier molecular flexibility index (Phi) is 4.50. The maximum atomic E-state index is 11.8. The van der Waals surface area contributed by atoms with Crippen LogP contribution in [0.2, 0.25) is 0 Å². The Morgan fingerprint density at radius 3 is 2.83 bits per heavy atom. The first-order chi connectivity index (χ1) is 10.9. The summed E-state index contributed by atoms with van der Waals surface area (Å²) in [5.74, 6) is 0.328. The van der Waals surface area contributed by atoms with Gasteiger partial charge in [0.2, 0.25) is 10.0 Å². The van der Waals surface area contributed by atoms with Crippen molar-refractivity contribution in [2.24, 2.45) is 13.0 Å². The molecule has 0 unspecified atom stereocenters. The third-order valence-corrected chi connectivity index (χ3v) is 5.68. The molecule has 0 bridgehead atoms. The fourth-order valence-electron chi connectivity index (χ4n) is 3.25. The lowest BCUT2D eigenvalue weighted by Crippen LogP contribution is -2.39. The van der Waals surface area contributed by atoms with E-state index in [0.29, 0.717) is 19.0 Å². The van der Waals surface area contributed by atoms with E-state index >= 15 is 0 Å². The second-order valence-electron chi connectivity index (χ2n) is 6.18. The van der Waals surface area contributed by atoms with Gasteiger partial charge in [-0.15, -0.1) is 0 Å². The lowest BCUT2D eigenvalue weighted by molar-refractivity contribution is 0.267. The molecule has 1 aliphatic rings. The van der Waals surface area contributed by atoms with E-state index < -0.39 is 10.0 Å². The summed E-state index contributed by atoms with van der Waals surface area (Å²) < 4.78 is 27.0. The Labute approximate surface area is 137 Å². The summed E-state index contributed by atoms with van der Waals surface area (Å²) in [5.41, 5.74) is 3.07. The van der Waals surface area contributed by atoms with Crippen molar-refractivity contribution in [1.29, 1.82) is 0 Å². The lowest BCUT2D eigenvalue weighted by atomic mass is 9.91. The van der Waals surface area contributed by atoms with Crippen LogP contribution in [-0.2, 0) is 23.5 Å². The Morgan fingerprint density at radius 1 is 1.30 bits per heavy atom. The van der Waals surface area contributed by atoms with Crippen LogP contribution in [0.5, 0.6) is 0 Å².